The highest BCUT2D eigenvalue weighted by Gasteiger charge is 2.25. The molecule has 0 atom stereocenters. The molecule has 4 rings (SSSR count). The van der Waals surface area contributed by atoms with Crippen LogP contribution in [-0.4, -0.2) is 31.5 Å². The first-order valence-corrected chi connectivity index (χ1v) is 10.5. The van der Waals surface area contributed by atoms with E-state index in [1.807, 2.05) is 13.8 Å². The molecule has 0 saturated carbocycles. The molecule has 3 heterocycles. The highest BCUT2D eigenvalue weighted by molar-refractivity contribution is 6.36. The van der Waals surface area contributed by atoms with Crippen LogP contribution in [0.4, 0.5) is 17.5 Å². The van der Waals surface area contributed by atoms with Crippen LogP contribution >= 0.6 is 23.2 Å². The minimum Gasteiger partial charge on any atom is -0.369 e. The van der Waals surface area contributed by atoms with Crippen LogP contribution in [0.3, 0.4) is 0 Å². The topological polar surface area (TPSA) is 115 Å². The number of hydrogen-bond donors (Lipinski definition) is 3. The lowest BCUT2D eigenvalue weighted by Crippen LogP contribution is -2.10. The molecule has 0 spiro atoms. The molecule has 0 unspecified atom stereocenters. The van der Waals surface area contributed by atoms with E-state index in [0.29, 0.717) is 62.3 Å². The van der Waals surface area contributed by atoms with Crippen LogP contribution in [0, 0.1) is 18.3 Å². The second kappa shape index (κ2) is 9.22. The number of aromatic amines is 1. The Bertz CT molecular complexity index is 1310. The van der Waals surface area contributed by atoms with Crippen LogP contribution in [-0.2, 0) is 0 Å². The van der Waals surface area contributed by atoms with Crippen molar-refractivity contribution in [3.63, 3.8) is 0 Å². The molecule has 0 bridgehead atoms. The van der Waals surface area contributed by atoms with Crippen molar-refractivity contribution < 1.29 is 0 Å². The number of aromatic nitrogens is 5. The highest BCUT2D eigenvalue weighted by Crippen LogP contribution is 2.43. The van der Waals surface area contributed by atoms with Crippen LogP contribution in [0.5, 0.6) is 0 Å². The number of benzene rings is 1. The van der Waals surface area contributed by atoms with Crippen LogP contribution in [0.15, 0.2) is 42.9 Å². The molecule has 1 aromatic carbocycles. The Morgan fingerprint density at radius 2 is 1.94 bits per heavy atom. The van der Waals surface area contributed by atoms with Gasteiger partial charge in [0, 0.05) is 35.7 Å². The number of pyridine rings is 1. The summed E-state index contributed by atoms with van der Waals surface area (Å²) < 4.78 is 0. The molecule has 160 valence electrons. The SMILES string of the molecule is CCNc1nc(-c2ccc(Cl)cc2Cl)c(-c2nc(C)c[nH]2)c(Nc2ncccn2)c1C#N. The van der Waals surface area contributed by atoms with E-state index >= 15 is 0 Å². The standard InChI is InChI=1S/C22H18Cl2N8/c1-3-26-20-15(10-25)19(32-22-27-7-4-8-28-22)17(21-29-11-12(2)30-21)18(31-20)14-6-5-13(23)9-16(14)24/h4-9,11H,3H2,1-2H3,(H,29,30)(H2,26,27,28,31,32). The van der Waals surface area contributed by atoms with Crippen molar-refractivity contribution in [1.82, 2.24) is 24.9 Å². The van der Waals surface area contributed by atoms with Crippen molar-refractivity contribution in [3.8, 4) is 28.7 Å². The zero-order chi connectivity index (χ0) is 22.7. The summed E-state index contributed by atoms with van der Waals surface area (Å²) in [5.74, 6) is 1.26. The molecule has 32 heavy (non-hydrogen) atoms. The molecule has 3 N–H and O–H groups in total. The predicted octanol–water partition coefficient (Wildman–Crippen LogP) is 5.59. The number of H-pyrrole nitrogens is 1. The molecule has 0 saturated heterocycles. The first-order valence-electron chi connectivity index (χ1n) is 9.75. The summed E-state index contributed by atoms with van der Waals surface area (Å²) in [6, 6.07) is 9.13. The van der Waals surface area contributed by atoms with Crippen LogP contribution in [0.25, 0.3) is 22.6 Å². The van der Waals surface area contributed by atoms with Gasteiger partial charge in [-0.05, 0) is 38.1 Å². The maximum absolute atomic E-state index is 10.0. The Labute approximate surface area is 194 Å². The zero-order valence-corrected chi connectivity index (χ0v) is 18.8. The minimum atomic E-state index is 0.303. The minimum absolute atomic E-state index is 0.303. The van der Waals surface area contributed by atoms with Gasteiger partial charge in [0.2, 0.25) is 5.95 Å². The third-order valence-electron chi connectivity index (χ3n) is 4.58. The van der Waals surface area contributed by atoms with E-state index in [0.717, 1.165) is 5.69 Å². The van der Waals surface area contributed by atoms with Gasteiger partial charge in [-0.15, -0.1) is 0 Å². The lowest BCUT2D eigenvalue weighted by Gasteiger charge is -2.19. The maximum atomic E-state index is 10.0. The van der Waals surface area contributed by atoms with Crippen LogP contribution < -0.4 is 10.6 Å². The van der Waals surface area contributed by atoms with Crippen molar-refractivity contribution in [2.75, 3.05) is 17.2 Å². The summed E-state index contributed by atoms with van der Waals surface area (Å²) in [6.45, 7) is 4.36. The van der Waals surface area contributed by atoms with E-state index in [1.54, 1.807) is 42.9 Å². The predicted molar refractivity (Wildman–Crippen MR) is 126 cm³/mol. The van der Waals surface area contributed by atoms with Crippen molar-refractivity contribution in [2.45, 2.75) is 13.8 Å². The van der Waals surface area contributed by atoms with Crippen molar-refractivity contribution in [1.29, 1.82) is 5.26 Å². The molecule has 0 aliphatic carbocycles. The normalized spacial score (nSPS) is 10.6. The number of hydrogen-bond acceptors (Lipinski definition) is 7. The summed E-state index contributed by atoms with van der Waals surface area (Å²) in [4.78, 5) is 21.0. The molecule has 0 aliphatic rings. The van der Waals surface area contributed by atoms with Crippen LogP contribution in [0.2, 0.25) is 10.0 Å². The zero-order valence-electron chi connectivity index (χ0n) is 17.2. The third kappa shape index (κ3) is 4.21. The first kappa shape index (κ1) is 21.6. The Kier molecular flexibility index (Phi) is 6.21. The highest BCUT2D eigenvalue weighted by atomic mass is 35.5. The van der Waals surface area contributed by atoms with E-state index in [9.17, 15) is 5.26 Å². The van der Waals surface area contributed by atoms with Gasteiger partial charge in [0.15, 0.2) is 0 Å². The second-order valence-electron chi connectivity index (χ2n) is 6.79. The molecule has 0 radical (unpaired) electrons. The van der Waals surface area contributed by atoms with Gasteiger partial charge >= 0.3 is 0 Å². The molecule has 3 aromatic heterocycles. The van der Waals surface area contributed by atoms with Gasteiger partial charge in [-0.3, -0.25) is 0 Å². The number of aryl methyl sites for hydroxylation is 1. The number of halogens is 2. The number of imidazole rings is 1. The maximum Gasteiger partial charge on any atom is 0.227 e. The van der Waals surface area contributed by atoms with Crippen LogP contribution in [0.1, 0.15) is 18.2 Å². The fraction of sp³-hybridized carbons (Fsp3) is 0.136. The van der Waals surface area contributed by atoms with E-state index < -0.39 is 0 Å². The number of nitriles is 1. The molecule has 4 aromatic rings. The van der Waals surface area contributed by atoms with E-state index in [-0.39, 0.29) is 0 Å². The number of nitrogens with zero attached hydrogens (tertiary/aromatic N) is 5. The van der Waals surface area contributed by atoms with Gasteiger partial charge in [0.1, 0.15) is 23.3 Å². The van der Waals surface area contributed by atoms with E-state index in [4.69, 9.17) is 28.2 Å². The summed E-state index contributed by atoms with van der Waals surface area (Å²) >= 11 is 12.7. The average Bonchev–Trinajstić information content (AvgIpc) is 3.20. The van der Waals surface area contributed by atoms with Gasteiger partial charge in [-0.1, -0.05) is 23.2 Å². The fourth-order valence-electron chi connectivity index (χ4n) is 3.24. The summed E-state index contributed by atoms with van der Waals surface area (Å²) in [5, 5.41) is 17.3. The van der Waals surface area contributed by atoms with Gasteiger partial charge in [0.25, 0.3) is 0 Å². The first-order chi connectivity index (χ1) is 15.5. The average molecular weight is 465 g/mol. The molecular weight excluding hydrogens is 447 g/mol. The molecule has 10 heteroatoms. The number of rotatable bonds is 6. The monoisotopic (exact) mass is 464 g/mol. The lowest BCUT2D eigenvalue weighted by atomic mass is 10.00. The molecule has 0 amide bonds. The summed E-state index contributed by atoms with van der Waals surface area (Å²) in [7, 11) is 0. The molecule has 8 nitrogen and oxygen atoms in total. The lowest BCUT2D eigenvalue weighted by molar-refractivity contribution is 1.13. The van der Waals surface area contributed by atoms with Gasteiger partial charge in [-0.25, -0.2) is 19.9 Å². The fourth-order valence-corrected chi connectivity index (χ4v) is 3.74. The van der Waals surface area contributed by atoms with Gasteiger partial charge in [0.05, 0.1) is 27.7 Å². The molecule has 0 fully saturated rings. The number of nitrogens with one attached hydrogen (secondary N) is 3. The summed E-state index contributed by atoms with van der Waals surface area (Å²) in [5.41, 5.74) is 3.27. The molecule has 0 aliphatic heterocycles. The van der Waals surface area contributed by atoms with E-state index in [1.165, 1.54) is 0 Å². The Hall–Kier alpha value is -3.67. The Morgan fingerprint density at radius 1 is 1.16 bits per heavy atom. The van der Waals surface area contributed by atoms with Crippen molar-refractivity contribution in [3.05, 3.63) is 64.2 Å². The molecular formula is C22H18Cl2N8. The number of anilines is 3. The van der Waals surface area contributed by atoms with Crippen molar-refractivity contribution in [2.24, 2.45) is 0 Å². The Balaban J connectivity index is 2.09. The van der Waals surface area contributed by atoms with E-state index in [2.05, 4.69) is 36.6 Å². The largest absolute Gasteiger partial charge is 0.369 e. The Morgan fingerprint density at radius 3 is 2.56 bits per heavy atom. The quantitative estimate of drug-likeness (QED) is 0.340. The van der Waals surface area contributed by atoms with Crippen molar-refractivity contribution >= 4 is 40.7 Å². The summed E-state index contributed by atoms with van der Waals surface area (Å²) in [6.07, 6.45) is 5.00. The smallest absolute Gasteiger partial charge is 0.227 e. The van der Waals surface area contributed by atoms with Gasteiger partial charge in [-0.2, -0.15) is 5.26 Å². The third-order valence-corrected chi connectivity index (χ3v) is 5.13. The van der Waals surface area contributed by atoms with Gasteiger partial charge < -0.3 is 15.6 Å². The second-order valence-corrected chi connectivity index (χ2v) is 7.63.